The molecule has 196 valence electrons. The molecule has 0 saturated heterocycles. The summed E-state index contributed by atoms with van der Waals surface area (Å²) in [6, 6.07) is 4.72. The van der Waals surface area contributed by atoms with Crippen molar-refractivity contribution in [2.45, 2.75) is 38.9 Å². The Morgan fingerprint density at radius 1 is 1.11 bits per heavy atom. The van der Waals surface area contributed by atoms with Crippen LogP contribution in [0.4, 0.5) is 17.6 Å². The monoisotopic (exact) mass is 521 g/mol. The molecule has 0 fully saturated rings. The number of aromatic nitrogens is 5. The third-order valence-electron chi connectivity index (χ3n) is 5.29. The van der Waals surface area contributed by atoms with E-state index in [4.69, 9.17) is 9.84 Å². The van der Waals surface area contributed by atoms with E-state index >= 15 is 0 Å². The van der Waals surface area contributed by atoms with Crippen LogP contribution >= 0.6 is 0 Å². The molecule has 0 bridgehead atoms. The lowest BCUT2D eigenvalue weighted by Crippen LogP contribution is -2.22. The summed E-state index contributed by atoms with van der Waals surface area (Å²) >= 11 is 0. The first kappa shape index (κ1) is 27.3. The number of unbranched alkanes of at least 4 members (excludes halogenated alkanes) is 2. The lowest BCUT2D eigenvalue weighted by molar-refractivity contribution is -0.140. The summed E-state index contributed by atoms with van der Waals surface area (Å²) in [6.07, 6.45) is 3.47. The summed E-state index contributed by atoms with van der Waals surface area (Å²) in [4.78, 5) is 31.3. The number of aromatic amines is 1. The highest BCUT2D eigenvalue weighted by Crippen LogP contribution is 2.31. The van der Waals surface area contributed by atoms with E-state index in [0.29, 0.717) is 29.3 Å². The fraction of sp³-hybridized carbons (Fsp3) is 0.292. The van der Waals surface area contributed by atoms with Crippen LogP contribution in [-0.4, -0.2) is 36.9 Å². The number of hydrogen-bond donors (Lipinski definition) is 2. The van der Waals surface area contributed by atoms with E-state index in [1.165, 1.54) is 25.6 Å². The second-order valence-corrected chi connectivity index (χ2v) is 7.84. The molecule has 0 amide bonds. The predicted octanol–water partition coefficient (Wildman–Crippen LogP) is 4.29. The highest BCUT2D eigenvalue weighted by molar-refractivity contribution is 5.85. The van der Waals surface area contributed by atoms with Gasteiger partial charge in [-0.05, 0) is 30.0 Å². The van der Waals surface area contributed by atoms with Crippen molar-refractivity contribution in [3.8, 4) is 22.9 Å². The summed E-state index contributed by atoms with van der Waals surface area (Å²) < 4.78 is 56.9. The maximum absolute atomic E-state index is 14.5. The van der Waals surface area contributed by atoms with Crippen molar-refractivity contribution in [2.75, 3.05) is 7.11 Å². The van der Waals surface area contributed by atoms with E-state index in [2.05, 4.69) is 22.0 Å². The zero-order chi connectivity index (χ0) is 27.2. The molecular weight excluding hydrogens is 498 g/mol. The van der Waals surface area contributed by atoms with Crippen LogP contribution in [0.3, 0.4) is 0 Å². The smallest absolute Gasteiger partial charge is 0.425 e. The van der Waals surface area contributed by atoms with Gasteiger partial charge in [-0.2, -0.15) is 18.3 Å². The quantitative estimate of drug-likeness (QED) is 0.287. The van der Waals surface area contributed by atoms with E-state index in [1.54, 1.807) is 21.9 Å². The number of alkyl halides is 3. The fourth-order valence-corrected chi connectivity index (χ4v) is 3.41. The summed E-state index contributed by atoms with van der Waals surface area (Å²) in [7, 11) is 1.51. The number of pyridine rings is 1. The van der Waals surface area contributed by atoms with Crippen molar-refractivity contribution in [1.29, 1.82) is 0 Å². The van der Waals surface area contributed by atoms with Crippen molar-refractivity contribution in [3.63, 3.8) is 0 Å². The average Bonchev–Trinajstić information content (AvgIpc) is 2.85. The molecule has 2 N–H and O–H groups in total. The topological polar surface area (TPSA) is 123 Å². The first-order valence-corrected chi connectivity index (χ1v) is 11.1. The minimum absolute atomic E-state index is 0.172. The SMILES string of the molecule is CCCCCn1ccc2cc(-c3ncc(OC)cn3)c(F)cc2c1=O.O=c1[nH]ncc(O)c1C(F)(F)F. The Labute approximate surface area is 207 Å². The zero-order valence-electron chi connectivity index (χ0n) is 19.8. The number of methoxy groups -OCH3 is 1. The lowest BCUT2D eigenvalue weighted by atomic mass is 10.1. The Bertz CT molecular complexity index is 1480. The van der Waals surface area contributed by atoms with Crippen LogP contribution in [0.1, 0.15) is 31.7 Å². The first-order chi connectivity index (χ1) is 17.6. The molecule has 0 aliphatic carbocycles. The summed E-state index contributed by atoms with van der Waals surface area (Å²) in [5, 5.41) is 14.2. The molecule has 0 aliphatic heterocycles. The maximum atomic E-state index is 14.5. The maximum Gasteiger partial charge on any atom is 0.425 e. The molecule has 0 saturated carbocycles. The minimum atomic E-state index is -4.86. The lowest BCUT2D eigenvalue weighted by Gasteiger charge is -2.09. The van der Waals surface area contributed by atoms with Gasteiger partial charge in [-0.1, -0.05) is 19.8 Å². The van der Waals surface area contributed by atoms with Crippen molar-refractivity contribution < 1.29 is 27.4 Å². The number of aromatic hydroxyl groups is 1. The van der Waals surface area contributed by atoms with Gasteiger partial charge in [-0.3, -0.25) is 9.59 Å². The minimum Gasteiger partial charge on any atom is -0.505 e. The molecule has 13 heteroatoms. The molecule has 37 heavy (non-hydrogen) atoms. The largest absolute Gasteiger partial charge is 0.505 e. The van der Waals surface area contributed by atoms with Gasteiger partial charge in [-0.15, -0.1) is 0 Å². The van der Waals surface area contributed by atoms with Crippen LogP contribution in [-0.2, 0) is 12.7 Å². The van der Waals surface area contributed by atoms with Crippen LogP contribution in [0.25, 0.3) is 22.2 Å². The molecule has 0 spiro atoms. The number of hydrogen-bond acceptors (Lipinski definition) is 7. The van der Waals surface area contributed by atoms with Gasteiger partial charge in [0.25, 0.3) is 11.1 Å². The molecule has 1 aromatic carbocycles. The summed E-state index contributed by atoms with van der Waals surface area (Å²) in [5.74, 6) is -0.931. The van der Waals surface area contributed by atoms with Gasteiger partial charge in [0.2, 0.25) is 0 Å². The number of aryl methyl sites for hydroxylation is 1. The van der Waals surface area contributed by atoms with Gasteiger partial charge in [0, 0.05) is 12.7 Å². The van der Waals surface area contributed by atoms with Crippen molar-refractivity contribution in [3.05, 3.63) is 75.1 Å². The zero-order valence-corrected chi connectivity index (χ0v) is 19.8. The number of benzene rings is 1. The van der Waals surface area contributed by atoms with Crippen LogP contribution in [0.2, 0.25) is 0 Å². The highest BCUT2D eigenvalue weighted by atomic mass is 19.4. The number of nitrogens with one attached hydrogen (secondary N) is 1. The Kier molecular flexibility index (Phi) is 8.58. The predicted molar refractivity (Wildman–Crippen MR) is 127 cm³/mol. The molecule has 0 aliphatic rings. The standard InChI is InChI=1S/C19H20FN3O2.C5H3F3N2O2/c1-3-4-5-7-23-8-6-13-9-16(17(20)10-15(13)19(23)24)18-21-11-14(25-2)12-22-18;6-5(7,8)3-2(11)1-9-10-4(3)12/h6,8-12H,3-5,7H2,1-2H3;1H,(H2,10,11,12). The van der Waals surface area contributed by atoms with Gasteiger partial charge >= 0.3 is 6.18 Å². The number of fused-ring (bicyclic) bond motifs is 1. The van der Waals surface area contributed by atoms with Crippen molar-refractivity contribution >= 4 is 10.8 Å². The molecule has 0 radical (unpaired) electrons. The number of nitrogens with zero attached hydrogens (tertiary/aromatic N) is 4. The molecule has 9 nitrogen and oxygen atoms in total. The van der Waals surface area contributed by atoms with E-state index in [0.717, 1.165) is 19.3 Å². The number of ether oxygens (including phenoxy) is 1. The first-order valence-electron chi connectivity index (χ1n) is 11.1. The van der Waals surface area contributed by atoms with Crippen molar-refractivity contribution in [1.82, 2.24) is 24.7 Å². The Morgan fingerprint density at radius 3 is 2.38 bits per heavy atom. The van der Waals surface area contributed by atoms with Crippen molar-refractivity contribution in [2.24, 2.45) is 0 Å². The second kappa shape index (κ2) is 11.6. The van der Waals surface area contributed by atoms with E-state index in [-0.39, 0.29) is 16.9 Å². The molecular formula is C24H23F4N5O4. The van der Waals surface area contributed by atoms with Gasteiger partial charge in [0.15, 0.2) is 22.9 Å². The number of H-pyrrole nitrogens is 1. The second-order valence-electron chi connectivity index (χ2n) is 7.84. The Morgan fingerprint density at radius 2 is 1.81 bits per heavy atom. The van der Waals surface area contributed by atoms with E-state index < -0.39 is 28.9 Å². The Balaban J connectivity index is 0.000000266. The summed E-state index contributed by atoms with van der Waals surface area (Å²) in [5.41, 5.74) is -2.99. The third kappa shape index (κ3) is 6.48. The van der Waals surface area contributed by atoms with Gasteiger partial charge in [-0.25, -0.2) is 19.5 Å². The van der Waals surface area contributed by atoms with Gasteiger partial charge < -0.3 is 14.4 Å². The van der Waals surface area contributed by atoms with Crippen LogP contribution < -0.4 is 15.9 Å². The molecule has 0 atom stereocenters. The van der Waals surface area contributed by atoms with E-state index in [1.807, 2.05) is 6.07 Å². The number of halogens is 4. The highest BCUT2D eigenvalue weighted by Gasteiger charge is 2.37. The third-order valence-corrected chi connectivity index (χ3v) is 5.29. The summed E-state index contributed by atoms with van der Waals surface area (Å²) in [6.45, 7) is 2.76. The van der Waals surface area contributed by atoms with Crippen LogP contribution in [0, 0.1) is 5.82 Å². The number of rotatable bonds is 6. The molecule has 3 aromatic heterocycles. The molecule has 0 unspecified atom stereocenters. The molecule has 4 aromatic rings. The normalized spacial score (nSPS) is 11.2. The molecule has 4 rings (SSSR count). The van der Waals surface area contributed by atoms with E-state index in [9.17, 15) is 27.2 Å². The van der Waals surface area contributed by atoms with Crippen LogP contribution in [0.15, 0.2) is 52.6 Å². The average molecular weight is 521 g/mol. The van der Waals surface area contributed by atoms with Crippen LogP contribution in [0.5, 0.6) is 11.5 Å². The van der Waals surface area contributed by atoms with Gasteiger partial charge in [0.1, 0.15) is 5.82 Å². The van der Waals surface area contributed by atoms with Gasteiger partial charge in [0.05, 0.1) is 36.7 Å². The fourth-order valence-electron chi connectivity index (χ4n) is 3.41. The Hall–Kier alpha value is -4.29. The molecule has 3 heterocycles.